The molecule has 118 valence electrons. The fourth-order valence-corrected chi connectivity index (χ4v) is 2.49. The van der Waals surface area contributed by atoms with Crippen LogP contribution in [0.2, 0.25) is 0 Å². The van der Waals surface area contributed by atoms with Crippen LogP contribution in [0.3, 0.4) is 0 Å². The van der Waals surface area contributed by atoms with Crippen molar-refractivity contribution in [2.24, 2.45) is 0 Å². The van der Waals surface area contributed by atoms with Crippen LogP contribution in [0.5, 0.6) is 0 Å². The Kier molecular flexibility index (Phi) is 12.6. The monoisotopic (exact) mass is 284 g/mol. The highest BCUT2D eigenvalue weighted by atomic mass is 16.4. The number of rotatable bonds is 13. The number of carboxylic acid groups (broad SMARTS) is 1. The van der Waals surface area contributed by atoms with Gasteiger partial charge in [-0.1, -0.05) is 57.9 Å². The summed E-state index contributed by atoms with van der Waals surface area (Å²) in [6.07, 6.45) is 10.9. The van der Waals surface area contributed by atoms with Crippen molar-refractivity contribution >= 4 is 5.97 Å². The van der Waals surface area contributed by atoms with E-state index in [4.69, 9.17) is 5.11 Å². The number of hydrogen-bond donors (Lipinski definition) is 2. The third-order valence-corrected chi connectivity index (χ3v) is 3.71. The van der Waals surface area contributed by atoms with Crippen LogP contribution in [-0.2, 0) is 4.79 Å². The van der Waals surface area contributed by atoms with Crippen LogP contribution in [0, 0.1) is 0 Å². The Hall–Kier alpha value is -0.830. The van der Waals surface area contributed by atoms with Gasteiger partial charge in [0.15, 0.2) is 0 Å². The van der Waals surface area contributed by atoms with E-state index in [1.165, 1.54) is 19.3 Å². The summed E-state index contributed by atoms with van der Waals surface area (Å²) in [5.41, 5.74) is 1.53. The minimum Gasteiger partial charge on any atom is -0.478 e. The SMILES string of the molecule is CCCCCCC(CCO)=C(CCCCCC)C(=O)O. The molecule has 0 atom stereocenters. The van der Waals surface area contributed by atoms with Crippen molar-refractivity contribution < 1.29 is 15.0 Å². The molecule has 0 aromatic heterocycles. The molecular formula is C17H32O3. The highest BCUT2D eigenvalue weighted by Crippen LogP contribution is 2.22. The molecule has 0 aromatic rings. The van der Waals surface area contributed by atoms with E-state index in [0.29, 0.717) is 18.4 Å². The quantitative estimate of drug-likeness (QED) is 0.381. The van der Waals surface area contributed by atoms with E-state index in [1.54, 1.807) is 0 Å². The van der Waals surface area contributed by atoms with Crippen LogP contribution in [-0.4, -0.2) is 22.8 Å². The first-order valence-corrected chi connectivity index (χ1v) is 8.22. The lowest BCUT2D eigenvalue weighted by molar-refractivity contribution is -0.132. The molecule has 2 N–H and O–H groups in total. The molecular weight excluding hydrogens is 252 g/mol. The minimum atomic E-state index is -0.791. The molecule has 20 heavy (non-hydrogen) atoms. The van der Waals surface area contributed by atoms with E-state index in [-0.39, 0.29) is 6.61 Å². The van der Waals surface area contributed by atoms with Gasteiger partial charge in [-0.2, -0.15) is 0 Å². The smallest absolute Gasteiger partial charge is 0.331 e. The zero-order valence-electron chi connectivity index (χ0n) is 13.3. The van der Waals surface area contributed by atoms with E-state index in [2.05, 4.69) is 13.8 Å². The average molecular weight is 284 g/mol. The van der Waals surface area contributed by atoms with Crippen molar-refractivity contribution in [1.82, 2.24) is 0 Å². The zero-order chi connectivity index (χ0) is 15.2. The van der Waals surface area contributed by atoms with Gasteiger partial charge in [0.2, 0.25) is 0 Å². The van der Waals surface area contributed by atoms with Crippen molar-refractivity contribution in [2.75, 3.05) is 6.61 Å². The van der Waals surface area contributed by atoms with Crippen LogP contribution in [0.1, 0.15) is 84.5 Å². The minimum absolute atomic E-state index is 0.0504. The zero-order valence-corrected chi connectivity index (χ0v) is 13.3. The number of carboxylic acids is 1. The summed E-state index contributed by atoms with van der Waals surface area (Å²) in [5, 5.41) is 18.5. The van der Waals surface area contributed by atoms with Gasteiger partial charge in [-0.15, -0.1) is 0 Å². The predicted octanol–water partition coefficient (Wildman–Crippen LogP) is 4.69. The Morgan fingerprint density at radius 2 is 1.35 bits per heavy atom. The van der Waals surface area contributed by atoms with E-state index in [1.807, 2.05) is 0 Å². The average Bonchev–Trinajstić information content (AvgIpc) is 2.42. The summed E-state index contributed by atoms with van der Waals surface area (Å²) in [5.74, 6) is -0.791. The standard InChI is InChI=1S/C17H32O3/c1-3-5-7-9-11-15(13-14-18)16(17(19)20)12-10-8-6-4-2/h18H,3-14H2,1-2H3,(H,19,20). The lowest BCUT2D eigenvalue weighted by atomic mass is 9.95. The predicted molar refractivity (Wildman–Crippen MR) is 83.9 cm³/mol. The first kappa shape index (κ1) is 19.2. The number of hydrogen-bond acceptors (Lipinski definition) is 2. The lowest BCUT2D eigenvalue weighted by Gasteiger charge is -2.12. The molecule has 0 saturated carbocycles. The molecule has 0 radical (unpaired) electrons. The molecule has 3 nitrogen and oxygen atoms in total. The molecule has 0 saturated heterocycles. The highest BCUT2D eigenvalue weighted by molar-refractivity contribution is 5.87. The molecule has 0 aliphatic rings. The lowest BCUT2D eigenvalue weighted by Crippen LogP contribution is -2.07. The topological polar surface area (TPSA) is 57.5 Å². The number of carbonyl (C=O) groups is 1. The van der Waals surface area contributed by atoms with Crippen LogP contribution < -0.4 is 0 Å². The summed E-state index contributed by atoms with van der Waals surface area (Å²) >= 11 is 0. The number of aliphatic hydroxyl groups is 1. The number of aliphatic hydroxyl groups excluding tert-OH is 1. The molecule has 0 unspecified atom stereocenters. The Morgan fingerprint density at radius 1 is 0.800 bits per heavy atom. The first-order chi connectivity index (χ1) is 9.67. The summed E-state index contributed by atoms with van der Waals surface area (Å²) in [6.45, 7) is 4.37. The maximum atomic E-state index is 11.4. The summed E-state index contributed by atoms with van der Waals surface area (Å²) in [7, 11) is 0. The molecule has 0 spiro atoms. The highest BCUT2D eigenvalue weighted by Gasteiger charge is 2.13. The second-order valence-electron chi connectivity index (χ2n) is 5.48. The molecule has 0 amide bonds. The van der Waals surface area contributed by atoms with Gasteiger partial charge in [-0.25, -0.2) is 4.79 Å². The molecule has 0 heterocycles. The summed E-state index contributed by atoms with van der Waals surface area (Å²) in [6, 6.07) is 0. The van der Waals surface area contributed by atoms with Crippen LogP contribution in [0.4, 0.5) is 0 Å². The van der Waals surface area contributed by atoms with Gasteiger partial charge in [0.05, 0.1) is 0 Å². The van der Waals surface area contributed by atoms with E-state index >= 15 is 0 Å². The van der Waals surface area contributed by atoms with Gasteiger partial charge in [-0.3, -0.25) is 0 Å². The Balaban J connectivity index is 4.53. The molecule has 0 rings (SSSR count). The normalized spacial score (nSPS) is 12.3. The molecule has 0 fully saturated rings. The van der Waals surface area contributed by atoms with Crippen molar-refractivity contribution in [2.45, 2.75) is 84.5 Å². The fraction of sp³-hybridized carbons (Fsp3) is 0.824. The van der Waals surface area contributed by atoms with Gasteiger partial charge in [-0.05, 0) is 32.1 Å². The van der Waals surface area contributed by atoms with Gasteiger partial charge < -0.3 is 10.2 Å². The molecule has 0 aliphatic heterocycles. The van der Waals surface area contributed by atoms with Crippen molar-refractivity contribution in [3.05, 3.63) is 11.1 Å². The van der Waals surface area contributed by atoms with E-state index < -0.39 is 5.97 Å². The number of unbranched alkanes of at least 4 members (excludes halogenated alkanes) is 6. The summed E-state index contributed by atoms with van der Waals surface area (Å²) in [4.78, 5) is 11.4. The Morgan fingerprint density at radius 3 is 1.80 bits per heavy atom. The van der Waals surface area contributed by atoms with Crippen LogP contribution in [0.15, 0.2) is 11.1 Å². The fourth-order valence-electron chi connectivity index (χ4n) is 2.49. The largest absolute Gasteiger partial charge is 0.478 e. The van der Waals surface area contributed by atoms with Gasteiger partial charge >= 0.3 is 5.97 Å². The van der Waals surface area contributed by atoms with Gasteiger partial charge in [0.1, 0.15) is 0 Å². The molecule has 0 aliphatic carbocycles. The van der Waals surface area contributed by atoms with Gasteiger partial charge in [0.25, 0.3) is 0 Å². The van der Waals surface area contributed by atoms with Crippen LogP contribution >= 0.6 is 0 Å². The molecule has 0 bridgehead atoms. The van der Waals surface area contributed by atoms with Gasteiger partial charge in [0, 0.05) is 12.2 Å². The Labute approximate surface area is 124 Å². The van der Waals surface area contributed by atoms with Crippen molar-refractivity contribution in [3.63, 3.8) is 0 Å². The van der Waals surface area contributed by atoms with E-state index in [9.17, 15) is 9.90 Å². The van der Waals surface area contributed by atoms with E-state index in [0.717, 1.165) is 44.1 Å². The first-order valence-electron chi connectivity index (χ1n) is 8.22. The van der Waals surface area contributed by atoms with Crippen molar-refractivity contribution in [1.29, 1.82) is 0 Å². The third kappa shape index (κ3) is 9.13. The third-order valence-electron chi connectivity index (χ3n) is 3.71. The number of aliphatic carboxylic acids is 1. The molecule has 0 aromatic carbocycles. The van der Waals surface area contributed by atoms with Crippen LogP contribution in [0.25, 0.3) is 0 Å². The summed E-state index contributed by atoms with van der Waals surface area (Å²) < 4.78 is 0. The maximum Gasteiger partial charge on any atom is 0.331 e. The second-order valence-corrected chi connectivity index (χ2v) is 5.48. The molecule has 3 heteroatoms. The Bertz CT molecular complexity index is 282. The maximum absolute atomic E-state index is 11.4. The second kappa shape index (κ2) is 13.2. The van der Waals surface area contributed by atoms with Crippen molar-refractivity contribution in [3.8, 4) is 0 Å².